The molecule has 4 nitrogen and oxygen atoms in total. The van der Waals surface area contributed by atoms with E-state index < -0.39 is 0 Å². The minimum atomic E-state index is -0.324. The van der Waals surface area contributed by atoms with Crippen LogP contribution in [-0.4, -0.2) is 18.0 Å². The maximum Gasteiger partial charge on any atom is 0.235 e. The Balaban J connectivity index is 1.95. The van der Waals surface area contributed by atoms with Crippen LogP contribution in [0.15, 0.2) is 42.2 Å². The van der Waals surface area contributed by atoms with Crippen molar-refractivity contribution in [2.24, 2.45) is 0 Å². The Hall–Kier alpha value is -2.75. The average molecular weight is 296 g/mol. The van der Waals surface area contributed by atoms with E-state index in [1.165, 1.54) is 18.7 Å². The van der Waals surface area contributed by atoms with Gasteiger partial charge in [-0.1, -0.05) is 31.2 Å². The number of benzene rings is 2. The van der Waals surface area contributed by atoms with Gasteiger partial charge in [-0.15, -0.1) is 0 Å². The summed E-state index contributed by atoms with van der Waals surface area (Å²) < 4.78 is 10.6. The van der Waals surface area contributed by atoms with Gasteiger partial charge in [0, 0.05) is 12.1 Å². The van der Waals surface area contributed by atoms with Crippen LogP contribution in [0, 0.1) is 0 Å². The molecule has 0 bridgehead atoms. The third kappa shape index (κ3) is 2.44. The number of carbonyl (C=O) groups excluding carboxylic acids is 1. The minimum Gasteiger partial charge on any atom is -0.507 e. The molecular formula is C18H16O4. The Labute approximate surface area is 128 Å². The van der Waals surface area contributed by atoms with Crippen LogP contribution >= 0.6 is 0 Å². The SMILES string of the molecule is CCc1ccc(/C=C2\Oc3cc(OC)cc(O)c3C2=O)cc1. The summed E-state index contributed by atoms with van der Waals surface area (Å²) in [6.45, 7) is 2.09. The van der Waals surface area contributed by atoms with Crippen molar-refractivity contribution in [2.75, 3.05) is 7.11 Å². The number of hydrogen-bond donors (Lipinski definition) is 1. The van der Waals surface area contributed by atoms with Gasteiger partial charge in [0.05, 0.1) is 7.11 Å². The molecule has 0 aliphatic carbocycles. The van der Waals surface area contributed by atoms with E-state index in [2.05, 4.69) is 6.92 Å². The van der Waals surface area contributed by atoms with Gasteiger partial charge in [-0.05, 0) is 23.6 Å². The van der Waals surface area contributed by atoms with Gasteiger partial charge in [0.1, 0.15) is 22.8 Å². The highest BCUT2D eigenvalue weighted by atomic mass is 16.5. The second-order valence-electron chi connectivity index (χ2n) is 5.05. The van der Waals surface area contributed by atoms with E-state index in [1.54, 1.807) is 12.1 Å². The molecule has 0 saturated carbocycles. The smallest absolute Gasteiger partial charge is 0.235 e. The second-order valence-corrected chi connectivity index (χ2v) is 5.05. The van der Waals surface area contributed by atoms with Crippen LogP contribution in [0.4, 0.5) is 0 Å². The van der Waals surface area contributed by atoms with Crippen LogP contribution in [0.3, 0.4) is 0 Å². The molecule has 1 heterocycles. The number of aromatic hydroxyl groups is 1. The van der Waals surface area contributed by atoms with Crippen molar-refractivity contribution in [3.63, 3.8) is 0 Å². The Morgan fingerprint density at radius 3 is 2.59 bits per heavy atom. The van der Waals surface area contributed by atoms with E-state index >= 15 is 0 Å². The zero-order chi connectivity index (χ0) is 15.7. The lowest BCUT2D eigenvalue weighted by Crippen LogP contribution is -1.98. The number of methoxy groups -OCH3 is 1. The fourth-order valence-electron chi connectivity index (χ4n) is 2.39. The van der Waals surface area contributed by atoms with Crippen molar-refractivity contribution in [2.45, 2.75) is 13.3 Å². The lowest BCUT2D eigenvalue weighted by atomic mass is 10.1. The fraction of sp³-hybridized carbons (Fsp3) is 0.167. The first-order chi connectivity index (χ1) is 10.6. The number of carbonyl (C=O) groups is 1. The normalized spacial score (nSPS) is 14.8. The third-order valence-electron chi connectivity index (χ3n) is 3.65. The minimum absolute atomic E-state index is 0.135. The maximum absolute atomic E-state index is 12.4. The highest BCUT2D eigenvalue weighted by Crippen LogP contribution is 2.40. The van der Waals surface area contributed by atoms with Gasteiger partial charge >= 0.3 is 0 Å². The zero-order valence-corrected chi connectivity index (χ0v) is 12.4. The van der Waals surface area contributed by atoms with Crippen LogP contribution in [-0.2, 0) is 6.42 Å². The summed E-state index contributed by atoms with van der Waals surface area (Å²) in [7, 11) is 1.49. The quantitative estimate of drug-likeness (QED) is 0.880. The van der Waals surface area contributed by atoms with Crippen LogP contribution in [0.5, 0.6) is 17.2 Å². The number of allylic oxidation sites excluding steroid dienone is 1. The van der Waals surface area contributed by atoms with Crippen LogP contribution in [0.2, 0.25) is 0 Å². The molecule has 0 amide bonds. The number of phenolic OH excluding ortho intramolecular Hbond substituents is 1. The van der Waals surface area contributed by atoms with E-state index in [0.29, 0.717) is 11.5 Å². The zero-order valence-electron chi connectivity index (χ0n) is 12.4. The topological polar surface area (TPSA) is 55.8 Å². The van der Waals surface area contributed by atoms with Gasteiger partial charge in [-0.25, -0.2) is 0 Å². The predicted octanol–water partition coefficient (Wildman–Crippen LogP) is 3.58. The van der Waals surface area contributed by atoms with Gasteiger partial charge in [0.15, 0.2) is 5.76 Å². The molecule has 0 radical (unpaired) electrons. The monoisotopic (exact) mass is 296 g/mol. The number of hydrogen-bond acceptors (Lipinski definition) is 4. The molecule has 1 aliphatic rings. The molecular weight excluding hydrogens is 280 g/mol. The molecule has 0 fully saturated rings. The average Bonchev–Trinajstić information content (AvgIpc) is 2.84. The molecule has 22 heavy (non-hydrogen) atoms. The van der Waals surface area contributed by atoms with Crippen molar-refractivity contribution in [3.8, 4) is 17.2 Å². The van der Waals surface area contributed by atoms with Crippen LogP contribution < -0.4 is 9.47 Å². The summed E-state index contributed by atoms with van der Waals surface area (Å²) in [6, 6.07) is 10.9. The van der Waals surface area contributed by atoms with Crippen molar-refractivity contribution in [1.82, 2.24) is 0 Å². The van der Waals surface area contributed by atoms with Crippen molar-refractivity contribution < 1.29 is 19.4 Å². The number of ketones is 1. The van der Waals surface area contributed by atoms with E-state index in [-0.39, 0.29) is 22.9 Å². The number of fused-ring (bicyclic) bond motifs is 1. The highest BCUT2D eigenvalue weighted by Gasteiger charge is 2.31. The van der Waals surface area contributed by atoms with E-state index in [1.807, 2.05) is 24.3 Å². The molecule has 4 heteroatoms. The molecule has 3 rings (SSSR count). The molecule has 0 aromatic heterocycles. The largest absolute Gasteiger partial charge is 0.507 e. The molecule has 1 N–H and O–H groups in total. The summed E-state index contributed by atoms with van der Waals surface area (Å²) in [5, 5.41) is 9.96. The third-order valence-corrected chi connectivity index (χ3v) is 3.65. The number of phenols is 1. The van der Waals surface area contributed by atoms with Gasteiger partial charge in [0.25, 0.3) is 0 Å². The number of ether oxygens (including phenoxy) is 2. The standard InChI is InChI=1S/C18H16O4/c1-3-11-4-6-12(7-5-11)8-16-18(20)17-14(19)9-13(21-2)10-15(17)22-16/h4-10,19H,3H2,1-2H3/b16-8-. The predicted molar refractivity (Wildman–Crippen MR) is 83.4 cm³/mol. The lowest BCUT2D eigenvalue weighted by Gasteiger charge is -2.03. The number of aryl methyl sites for hydroxylation is 1. The fourth-order valence-corrected chi connectivity index (χ4v) is 2.39. The summed E-state index contributed by atoms with van der Waals surface area (Å²) >= 11 is 0. The van der Waals surface area contributed by atoms with Gasteiger partial charge in [-0.2, -0.15) is 0 Å². The Bertz CT molecular complexity index is 757. The van der Waals surface area contributed by atoms with Crippen LogP contribution in [0.1, 0.15) is 28.4 Å². The van der Waals surface area contributed by atoms with Gasteiger partial charge < -0.3 is 14.6 Å². The first-order valence-electron chi connectivity index (χ1n) is 7.06. The summed E-state index contributed by atoms with van der Waals surface area (Å²) in [4.78, 5) is 12.4. The number of rotatable bonds is 3. The summed E-state index contributed by atoms with van der Waals surface area (Å²) in [6.07, 6.45) is 2.64. The Morgan fingerprint density at radius 2 is 1.95 bits per heavy atom. The molecule has 2 aromatic carbocycles. The molecule has 0 spiro atoms. The van der Waals surface area contributed by atoms with Crippen molar-refractivity contribution in [3.05, 3.63) is 58.8 Å². The first kappa shape index (κ1) is 14.2. The lowest BCUT2D eigenvalue weighted by molar-refractivity contribution is 0.101. The van der Waals surface area contributed by atoms with Crippen molar-refractivity contribution in [1.29, 1.82) is 0 Å². The van der Waals surface area contributed by atoms with Crippen LogP contribution in [0.25, 0.3) is 6.08 Å². The maximum atomic E-state index is 12.4. The van der Waals surface area contributed by atoms with Gasteiger partial charge in [-0.3, -0.25) is 4.79 Å². The molecule has 0 saturated heterocycles. The summed E-state index contributed by atoms with van der Waals surface area (Å²) in [5.41, 5.74) is 2.28. The molecule has 1 aliphatic heterocycles. The van der Waals surface area contributed by atoms with Gasteiger partial charge in [0.2, 0.25) is 5.78 Å². The second kappa shape index (κ2) is 5.56. The van der Waals surface area contributed by atoms with E-state index in [9.17, 15) is 9.90 Å². The Kier molecular flexibility index (Phi) is 3.59. The molecule has 0 atom stereocenters. The summed E-state index contributed by atoms with van der Waals surface area (Å²) in [5.74, 6) is 0.498. The first-order valence-corrected chi connectivity index (χ1v) is 7.06. The Morgan fingerprint density at radius 1 is 1.23 bits per heavy atom. The van der Waals surface area contributed by atoms with E-state index in [0.717, 1.165) is 12.0 Å². The highest BCUT2D eigenvalue weighted by molar-refractivity contribution is 6.16. The molecule has 112 valence electrons. The molecule has 0 unspecified atom stereocenters. The van der Waals surface area contributed by atoms with Crippen molar-refractivity contribution >= 4 is 11.9 Å². The number of Topliss-reactive ketones (excluding diaryl/α,β-unsaturated/α-hetero) is 1. The molecule has 2 aromatic rings. The van der Waals surface area contributed by atoms with E-state index in [4.69, 9.17) is 9.47 Å².